The molecule has 0 aliphatic rings. The average molecular weight is 266 g/mol. The van der Waals surface area contributed by atoms with Gasteiger partial charge in [-0.25, -0.2) is 13.1 Å². The van der Waals surface area contributed by atoms with E-state index in [1.165, 1.54) is 4.90 Å². The van der Waals surface area contributed by atoms with Gasteiger partial charge in [-0.2, -0.15) is 0 Å². The highest BCUT2D eigenvalue weighted by Gasteiger charge is 2.18. The van der Waals surface area contributed by atoms with Crippen LogP contribution in [0.25, 0.3) is 0 Å². The fourth-order valence-electron chi connectivity index (χ4n) is 1.80. The molecule has 0 saturated carbocycles. The van der Waals surface area contributed by atoms with E-state index in [1.807, 2.05) is 0 Å². The zero-order chi connectivity index (χ0) is 13.6. The van der Waals surface area contributed by atoms with Gasteiger partial charge in [0, 0.05) is 0 Å². The molecule has 17 heavy (non-hydrogen) atoms. The van der Waals surface area contributed by atoms with E-state index in [-0.39, 0.29) is 6.54 Å². The molecule has 0 aliphatic carbocycles. The van der Waals surface area contributed by atoms with Gasteiger partial charge in [0.25, 0.3) is 0 Å². The topological polar surface area (TPSA) is 90.7 Å². The Bertz CT molecular complexity index is 330. The molecule has 0 heterocycles. The zero-order valence-electron chi connectivity index (χ0n) is 10.8. The Morgan fingerprint density at radius 1 is 1.24 bits per heavy atom. The van der Waals surface area contributed by atoms with E-state index in [2.05, 4.69) is 32.4 Å². The smallest absolute Gasteiger partial charge is 0.217 e. The molecule has 2 N–H and O–H groups in total. The SMILES string of the molecule is CC(C)[NH+](CCNS(=O)(=O)CC(=O)[O-])C(C)C. The Morgan fingerprint density at radius 2 is 1.71 bits per heavy atom. The Labute approximate surface area is 103 Å². The molecule has 0 aromatic rings. The van der Waals surface area contributed by atoms with Crippen LogP contribution in [-0.4, -0.2) is 45.3 Å². The van der Waals surface area contributed by atoms with Crippen LogP contribution in [0, 0.1) is 0 Å². The first-order valence-electron chi connectivity index (χ1n) is 5.68. The molecule has 0 rings (SSSR count). The lowest BCUT2D eigenvalue weighted by molar-refractivity contribution is -0.941. The molecule has 0 saturated heterocycles. The molecule has 0 amide bonds. The summed E-state index contributed by atoms with van der Waals surface area (Å²) in [6.45, 7) is 9.11. The highest BCUT2D eigenvalue weighted by atomic mass is 32.2. The molecule has 0 aromatic heterocycles. The van der Waals surface area contributed by atoms with Crippen molar-refractivity contribution >= 4 is 16.0 Å². The van der Waals surface area contributed by atoms with E-state index in [9.17, 15) is 18.3 Å². The van der Waals surface area contributed by atoms with Gasteiger partial charge in [-0.3, -0.25) is 0 Å². The van der Waals surface area contributed by atoms with E-state index in [0.717, 1.165) is 0 Å². The van der Waals surface area contributed by atoms with E-state index < -0.39 is 21.7 Å². The predicted molar refractivity (Wildman–Crippen MR) is 62.9 cm³/mol. The fraction of sp³-hybridized carbons (Fsp3) is 0.900. The van der Waals surface area contributed by atoms with Crippen molar-refractivity contribution in [3.05, 3.63) is 0 Å². The van der Waals surface area contributed by atoms with E-state index >= 15 is 0 Å². The third kappa shape index (κ3) is 7.30. The number of rotatable bonds is 8. The number of carbonyl (C=O) groups excluding carboxylic acids is 1. The first kappa shape index (κ1) is 16.3. The van der Waals surface area contributed by atoms with Gasteiger partial charge < -0.3 is 14.8 Å². The Morgan fingerprint density at radius 3 is 2.06 bits per heavy atom. The third-order valence-corrected chi connectivity index (χ3v) is 3.79. The standard InChI is InChI=1S/C10H22N2O4S/c1-8(2)12(9(3)4)6-5-11-17(15,16)7-10(13)14/h8-9,11H,5-7H2,1-4H3,(H,13,14). The minimum absolute atomic E-state index is 0.237. The normalized spacial score (nSPS) is 12.6. The Balaban J connectivity index is 4.17. The molecule has 0 atom stereocenters. The maximum atomic E-state index is 11.2. The highest BCUT2D eigenvalue weighted by molar-refractivity contribution is 7.90. The van der Waals surface area contributed by atoms with Gasteiger partial charge in [0.1, 0.15) is 5.75 Å². The Hall–Kier alpha value is -0.660. The van der Waals surface area contributed by atoms with Crippen LogP contribution in [0.2, 0.25) is 0 Å². The van der Waals surface area contributed by atoms with Crippen LogP contribution in [0.4, 0.5) is 0 Å². The van der Waals surface area contributed by atoms with Crippen molar-refractivity contribution < 1.29 is 23.2 Å². The zero-order valence-corrected chi connectivity index (χ0v) is 11.6. The maximum Gasteiger partial charge on any atom is 0.217 e. The number of sulfonamides is 1. The van der Waals surface area contributed by atoms with E-state index in [4.69, 9.17) is 0 Å². The summed E-state index contributed by atoms with van der Waals surface area (Å²) >= 11 is 0. The fourth-order valence-corrected chi connectivity index (χ4v) is 2.63. The number of carboxylic acids is 1. The molecule has 0 spiro atoms. The van der Waals surface area contributed by atoms with Crippen LogP contribution in [0.3, 0.4) is 0 Å². The number of carbonyl (C=O) groups is 1. The second-order valence-electron chi connectivity index (χ2n) is 4.66. The minimum Gasteiger partial charge on any atom is -0.549 e. The van der Waals surface area contributed by atoms with Crippen LogP contribution in [0.15, 0.2) is 0 Å². The molecule has 0 aromatic carbocycles. The first-order valence-corrected chi connectivity index (χ1v) is 7.33. The molecule has 0 aliphatic heterocycles. The van der Waals surface area contributed by atoms with Crippen molar-refractivity contribution in [1.29, 1.82) is 0 Å². The number of nitrogens with one attached hydrogen (secondary N) is 2. The summed E-state index contributed by atoms with van der Waals surface area (Å²) in [5.41, 5.74) is 0. The monoisotopic (exact) mass is 266 g/mol. The summed E-state index contributed by atoms with van der Waals surface area (Å²) in [6.07, 6.45) is 0. The molecular formula is C10H22N2O4S. The van der Waals surface area contributed by atoms with Crippen LogP contribution in [-0.2, 0) is 14.8 Å². The number of hydrogen-bond acceptors (Lipinski definition) is 4. The van der Waals surface area contributed by atoms with Gasteiger partial charge in [-0.15, -0.1) is 0 Å². The summed E-state index contributed by atoms with van der Waals surface area (Å²) in [4.78, 5) is 11.5. The predicted octanol–water partition coefficient (Wildman–Crippen LogP) is -2.64. The molecule has 0 fully saturated rings. The van der Waals surface area contributed by atoms with Crippen molar-refractivity contribution in [2.45, 2.75) is 39.8 Å². The summed E-state index contributed by atoms with van der Waals surface area (Å²) < 4.78 is 24.7. The summed E-state index contributed by atoms with van der Waals surface area (Å²) in [5, 5.41) is 10.2. The van der Waals surface area contributed by atoms with Gasteiger partial charge >= 0.3 is 0 Å². The van der Waals surface area contributed by atoms with Gasteiger partial charge in [0.2, 0.25) is 10.0 Å². The maximum absolute atomic E-state index is 11.2. The van der Waals surface area contributed by atoms with Gasteiger partial charge in [0.15, 0.2) is 0 Å². The van der Waals surface area contributed by atoms with E-state index in [1.54, 1.807) is 0 Å². The molecule has 7 heteroatoms. The molecule has 102 valence electrons. The van der Waals surface area contributed by atoms with Gasteiger partial charge in [0.05, 0.1) is 31.1 Å². The summed E-state index contributed by atoms with van der Waals surface area (Å²) in [5.74, 6) is -2.57. The third-order valence-electron chi connectivity index (χ3n) is 2.53. The van der Waals surface area contributed by atoms with Crippen molar-refractivity contribution in [1.82, 2.24) is 4.72 Å². The molecular weight excluding hydrogens is 244 g/mol. The lowest BCUT2D eigenvalue weighted by Crippen LogP contribution is -3.18. The Kier molecular flexibility index (Phi) is 6.66. The second kappa shape index (κ2) is 6.93. The highest BCUT2D eigenvalue weighted by Crippen LogP contribution is 1.82. The molecule has 0 bridgehead atoms. The molecule has 0 radical (unpaired) electrons. The van der Waals surface area contributed by atoms with E-state index in [0.29, 0.717) is 18.6 Å². The summed E-state index contributed by atoms with van der Waals surface area (Å²) in [7, 11) is -3.75. The van der Waals surface area contributed by atoms with Crippen LogP contribution >= 0.6 is 0 Å². The summed E-state index contributed by atoms with van der Waals surface area (Å²) in [6, 6.07) is 0.779. The minimum atomic E-state index is -3.75. The average Bonchev–Trinajstić information content (AvgIpc) is 2.08. The molecule has 6 nitrogen and oxygen atoms in total. The second-order valence-corrected chi connectivity index (χ2v) is 6.47. The number of carboxylic acid groups (broad SMARTS) is 1. The largest absolute Gasteiger partial charge is 0.549 e. The lowest BCUT2D eigenvalue weighted by Gasteiger charge is -2.27. The quantitative estimate of drug-likeness (QED) is 0.502. The van der Waals surface area contributed by atoms with Gasteiger partial charge in [-0.1, -0.05) is 0 Å². The molecule has 0 unspecified atom stereocenters. The van der Waals surface area contributed by atoms with Crippen LogP contribution in [0.1, 0.15) is 27.7 Å². The van der Waals surface area contributed by atoms with Crippen LogP contribution in [0.5, 0.6) is 0 Å². The number of aliphatic carboxylic acids is 1. The first-order chi connectivity index (χ1) is 7.65. The van der Waals surface area contributed by atoms with Crippen molar-refractivity contribution in [2.75, 3.05) is 18.8 Å². The number of hydrogen-bond donors (Lipinski definition) is 2. The van der Waals surface area contributed by atoms with Crippen molar-refractivity contribution in [3.8, 4) is 0 Å². The number of quaternary nitrogens is 1. The van der Waals surface area contributed by atoms with Gasteiger partial charge in [-0.05, 0) is 27.7 Å². The van der Waals surface area contributed by atoms with Crippen molar-refractivity contribution in [3.63, 3.8) is 0 Å². The lowest BCUT2D eigenvalue weighted by atomic mass is 10.2. The van der Waals surface area contributed by atoms with Crippen LogP contribution < -0.4 is 14.7 Å². The van der Waals surface area contributed by atoms with Crippen molar-refractivity contribution in [2.24, 2.45) is 0 Å².